The average Bonchev–Trinajstić information content (AvgIpc) is 2.19. The molecule has 0 bridgehead atoms. The van der Waals surface area contributed by atoms with Gasteiger partial charge in [0.1, 0.15) is 0 Å². The number of aliphatic hydroxyl groups is 1. The molecule has 0 aromatic heterocycles. The monoisotopic (exact) mass is 188 g/mol. The van der Waals surface area contributed by atoms with Crippen molar-refractivity contribution in [1.82, 2.24) is 0 Å². The Morgan fingerprint density at radius 3 is 2.21 bits per heavy atom. The summed E-state index contributed by atoms with van der Waals surface area (Å²) >= 11 is 0. The smallest absolute Gasteiger partial charge is 0.0929 e. The lowest BCUT2D eigenvalue weighted by molar-refractivity contribution is 0.113. The van der Waals surface area contributed by atoms with Crippen LogP contribution >= 0.6 is 0 Å². The third-order valence-corrected chi connectivity index (χ3v) is 2.39. The second-order valence-electron chi connectivity index (χ2n) is 3.79. The molecule has 0 saturated carbocycles. The van der Waals surface area contributed by atoms with Crippen molar-refractivity contribution >= 4 is 0 Å². The molecule has 2 atom stereocenters. The summed E-state index contributed by atoms with van der Waals surface area (Å²) in [6.45, 7) is 4.05. The molecule has 0 aliphatic heterocycles. The van der Waals surface area contributed by atoms with Gasteiger partial charge in [0.15, 0.2) is 0 Å². The summed E-state index contributed by atoms with van der Waals surface area (Å²) in [5.41, 5.74) is 0.893. The number of benzene rings is 1. The highest BCUT2D eigenvalue weighted by molar-refractivity contribution is 5.20. The van der Waals surface area contributed by atoms with E-state index in [-0.39, 0.29) is 11.8 Å². The summed E-state index contributed by atoms with van der Waals surface area (Å²) in [4.78, 5) is 0. The van der Waals surface area contributed by atoms with E-state index in [1.165, 1.54) is 0 Å². The van der Waals surface area contributed by atoms with E-state index in [1.54, 1.807) is 0 Å². The van der Waals surface area contributed by atoms with Gasteiger partial charge in [-0.1, -0.05) is 50.1 Å². The van der Waals surface area contributed by atoms with Crippen LogP contribution in [0.1, 0.15) is 25.5 Å². The fraction of sp³-hybridized carbons (Fsp3) is 0.385. The molecule has 0 fully saturated rings. The largest absolute Gasteiger partial charge is 0.387 e. The lowest BCUT2D eigenvalue weighted by Gasteiger charge is -2.21. The Balaban J connectivity index is 2.85. The lowest BCUT2D eigenvalue weighted by Crippen LogP contribution is -2.16. The maximum atomic E-state index is 10.0. The second-order valence-corrected chi connectivity index (χ2v) is 3.79. The molecule has 1 nitrogen and oxygen atoms in total. The molecule has 0 aliphatic rings. The molecular weight excluding hydrogens is 172 g/mol. The Morgan fingerprint density at radius 2 is 1.79 bits per heavy atom. The average molecular weight is 188 g/mol. The van der Waals surface area contributed by atoms with Crippen LogP contribution in [0.25, 0.3) is 0 Å². The van der Waals surface area contributed by atoms with Gasteiger partial charge in [-0.05, 0) is 11.5 Å². The Labute approximate surface area is 85.8 Å². The fourth-order valence-electron chi connectivity index (χ4n) is 1.51. The van der Waals surface area contributed by atoms with Crippen molar-refractivity contribution < 1.29 is 5.11 Å². The van der Waals surface area contributed by atoms with Gasteiger partial charge in [-0.2, -0.15) is 0 Å². The molecule has 0 heterocycles. The first-order valence-corrected chi connectivity index (χ1v) is 4.86. The molecule has 1 aromatic carbocycles. The highest BCUT2D eigenvalue weighted by atomic mass is 16.3. The summed E-state index contributed by atoms with van der Waals surface area (Å²) in [6.07, 6.45) is 4.85. The lowest BCUT2D eigenvalue weighted by atomic mass is 9.87. The Hall–Kier alpha value is -1.26. The first kappa shape index (κ1) is 10.8. The number of rotatable bonds is 3. The van der Waals surface area contributed by atoms with E-state index in [0.717, 1.165) is 5.56 Å². The number of terminal acetylenes is 1. The maximum Gasteiger partial charge on any atom is 0.0929 e. The molecule has 0 aliphatic carbocycles. The van der Waals surface area contributed by atoms with Crippen molar-refractivity contribution in [3.63, 3.8) is 0 Å². The molecule has 1 rings (SSSR count). The van der Waals surface area contributed by atoms with Crippen molar-refractivity contribution in [2.75, 3.05) is 0 Å². The van der Waals surface area contributed by atoms with E-state index < -0.39 is 6.10 Å². The zero-order valence-electron chi connectivity index (χ0n) is 8.64. The van der Waals surface area contributed by atoms with Crippen molar-refractivity contribution in [2.45, 2.75) is 20.0 Å². The zero-order chi connectivity index (χ0) is 10.6. The van der Waals surface area contributed by atoms with Gasteiger partial charge in [0.25, 0.3) is 0 Å². The molecule has 0 amide bonds. The van der Waals surface area contributed by atoms with Gasteiger partial charge in [-0.15, -0.1) is 6.42 Å². The summed E-state index contributed by atoms with van der Waals surface area (Å²) in [5.74, 6) is 2.82. The van der Waals surface area contributed by atoms with Crippen LogP contribution in [-0.2, 0) is 0 Å². The standard InChI is InChI=1S/C13H16O/c1-4-12(10(2)3)13(14)11-8-6-5-7-9-11/h1,5-10,12-14H,2-3H3/t12-,13-/m0/s1. The third-order valence-electron chi connectivity index (χ3n) is 2.39. The van der Waals surface area contributed by atoms with Crippen molar-refractivity contribution in [3.8, 4) is 12.3 Å². The zero-order valence-corrected chi connectivity index (χ0v) is 8.64. The van der Waals surface area contributed by atoms with E-state index in [0.29, 0.717) is 0 Å². The van der Waals surface area contributed by atoms with Crippen molar-refractivity contribution in [3.05, 3.63) is 35.9 Å². The van der Waals surface area contributed by atoms with Crippen LogP contribution in [0, 0.1) is 24.2 Å². The minimum absolute atomic E-state index is 0.114. The van der Waals surface area contributed by atoms with Crippen LogP contribution in [0.4, 0.5) is 0 Å². The number of hydrogen-bond acceptors (Lipinski definition) is 1. The second kappa shape index (κ2) is 4.83. The minimum atomic E-state index is -0.554. The third kappa shape index (κ3) is 2.37. The van der Waals surface area contributed by atoms with Gasteiger partial charge in [0.05, 0.1) is 12.0 Å². The van der Waals surface area contributed by atoms with Gasteiger partial charge in [-0.25, -0.2) is 0 Å². The predicted octanol–water partition coefficient (Wildman–Crippen LogP) is 2.63. The van der Waals surface area contributed by atoms with Crippen LogP contribution in [0.5, 0.6) is 0 Å². The van der Waals surface area contributed by atoms with E-state index in [1.807, 2.05) is 44.2 Å². The highest BCUT2D eigenvalue weighted by Gasteiger charge is 2.21. The first-order chi connectivity index (χ1) is 6.66. The van der Waals surface area contributed by atoms with Crippen LogP contribution in [-0.4, -0.2) is 5.11 Å². The van der Waals surface area contributed by atoms with E-state index >= 15 is 0 Å². The first-order valence-electron chi connectivity index (χ1n) is 4.86. The quantitative estimate of drug-likeness (QED) is 0.723. The number of hydrogen-bond donors (Lipinski definition) is 1. The molecule has 1 aromatic rings. The van der Waals surface area contributed by atoms with Crippen molar-refractivity contribution in [2.24, 2.45) is 11.8 Å². The molecule has 1 N–H and O–H groups in total. The predicted molar refractivity (Wildman–Crippen MR) is 58.6 cm³/mol. The normalized spacial score (nSPS) is 14.8. The molecule has 0 unspecified atom stereocenters. The molecule has 0 radical (unpaired) electrons. The van der Waals surface area contributed by atoms with E-state index in [9.17, 15) is 5.11 Å². The van der Waals surface area contributed by atoms with Crippen molar-refractivity contribution in [1.29, 1.82) is 0 Å². The van der Waals surface area contributed by atoms with Crippen LogP contribution in [0.2, 0.25) is 0 Å². The molecule has 0 saturated heterocycles. The summed E-state index contributed by atoms with van der Waals surface area (Å²) < 4.78 is 0. The Bertz CT molecular complexity index is 308. The Kier molecular flexibility index (Phi) is 3.73. The molecule has 74 valence electrons. The highest BCUT2D eigenvalue weighted by Crippen LogP contribution is 2.26. The van der Waals surface area contributed by atoms with Crippen LogP contribution < -0.4 is 0 Å². The maximum absolute atomic E-state index is 10.0. The minimum Gasteiger partial charge on any atom is -0.387 e. The van der Waals surface area contributed by atoms with Gasteiger partial charge in [-0.3, -0.25) is 0 Å². The summed E-state index contributed by atoms with van der Waals surface area (Å²) in [6, 6.07) is 9.55. The molecular formula is C13H16O. The van der Waals surface area contributed by atoms with Gasteiger partial charge in [0.2, 0.25) is 0 Å². The summed E-state index contributed by atoms with van der Waals surface area (Å²) in [5, 5.41) is 10.0. The van der Waals surface area contributed by atoms with Gasteiger partial charge in [0, 0.05) is 0 Å². The number of aliphatic hydroxyl groups excluding tert-OH is 1. The fourth-order valence-corrected chi connectivity index (χ4v) is 1.51. The van der Waals surface area contributed by atoms with Crippen LogP contribution in [0.3, 0.4) is 0 Å². The van der Waals surface area contributed by atoms with Crippen LogP contribution in [0.15, 0.2) is 30.3 Å². The Morgan fingerprint density at radius 1 is 1.21 bits per heavy atom. The molecule has 14 heavy (non-hydrogen) atoms. The van der Waals surface area contributed by atoms with Gasteiger partial charge >= 0.3 is 0 Å². The topological polar surface area (TPSA) is 20.2 Å². The van der Waals surface area contributed by atoms with E-state index in [4.69, 9.17) is 6.42 Å². The SMILES string of the molecule is C#C[C@@H](C(C)C)[C@@H](O)c1ccccc1. The molecule has 1 heteroatoms. The van der Waals surface area contributed by atoms with Gasteiger partial charge < -0.3 is 5.11 Å². The summed E-state index contributed by atoms with van der Waals surface area (Å²) in [7, 11) is 0. The molecule has 0 spiro atoms. The van der Waals surface area contributed by atoms with E-state index in [2.05, 4.69) is 5.92 Å².